The molecule has 0 heterocycles. The quantitative estimate of drug-likeness (QED) is 0.525. The van der Waals surface area contributed by atoms with E-state index >= 15 is 0 Å². The second-order valence-electron chi connectivity index (χ2n) is 12.3. The Labute approximate surface area is 179 Å². The molecule has 0 bridgehead atoms. The predicted molar refractivity (Wildman–Crippen MR) is 120 cm³/mol. The number of hydrogen-bond donors (Lipinski definition) is 2. The first-order chi connectivity index (χ1) is 13.7. The molecule has 2 N–H and O–H groups in total. The summed E-state index contributed by atoms with van der Waals surface area (Å²) in [7, 11) is 0. The summed E-state index contributed by atoms with van der Waals surface area (Å²) < 4.78 is 0. The van der Waals surface area contributed by atoms with Crippen LogP contribution in [0.15, 0.2) is 11.6 Å². The highest BCUT2D eigenvalue weighted by molar-refractivity contribution is 5.29. The van der Waals surface area contributed by atoms with E-state index in [2.05, 4.69) is 40.7 Å². The highest BCUT2D eigenvalue weighted by Gasteiger charge is 2.60. The summed E-state index contributed by atoms with van der Waals surface area (Å²) in [5.74, 6) is 4.95. The van der Waals surface area contributed by atoms with Gasteiger partial charge in [-0.25, -0.2) is 0 Å². The molecule has 4 rings (SSSR count). The highest BCUT2D eigenvalue weighted by atomic mass is 16.3. The van der Waals surface area contributed by atoms with Crippen LogP contribution in [0.4, 0.5) is 0 Å². The number of aliphatic hydroxyl groups is 2. The molecule has 0 radical (unpaired) electrons. The Morgan fingerprint density at radius 2 is 1.72 bits per heavy atom. The third-order valence-electron chi connectivity index (χ3n) is 10.4. The molecule has 29 heavy (non-hydrogen) atoms. The van der Waals surface area contributed by atoms with Gasteiger partial charge in [0.05, 0.1) is 6.10 Å². The van der Waals surface area contributed by atoms with Gasteiger partial charge in [0, 0.05) is 0 Å². The van der Waals surface area contributed by atoms with Gasteiger partial charge in [0.25, 0.3) is 0 Å². The van der Waals surface area contributed by atoms with Gasteiger partial charge in [-0.3, -0.25) is 0 Å². The largest absolute Gasteiger partial charge is 0.390 e. The minimum Gasteiger partial charge on any atom is -0.390 e. The van der Waals surface area contributed by atoms with Crippen LogP contribution in [0, 0.1) is 46.3 Å². The van der Waals surface area contributed by atoms with Crippen LogP contribution in [0.25, 0.3) is 0 Å². The fraction of sp³-hybridized carbons (Fsp3) is 0.926. The lowest BCUT2D eigenvalue weighted by molar-refractivity contribution is -0.0801. The summed E-state index contributed by atoms with van der Waals surface area (Å²) in [6.07, 6.45) is 13.9. The topological polar surface area (TPSA) is 40.5 Å². The normalized spacial score (nSPS) is 47.9. The maximum atomic E-state index is 10.7. The zero-order valence-electron chi connectivity index (χ0n) is 19.7. The van der Waals surface area contributed by atoms with Gasteiger partial charge < -0.3 is 10.2 Å². The van der Waals surface area contributed by atoms with Crippen molar-refractivity contribution < 1.29 is 10.2 Å². The van der Waals surface area contributed by atoms with E-state index in [1.165, 1.54) is 50.5 Å². The predicted octanol–water partition coefficient (Wildman–Crippen LogP) is 6.36. The Bertz CT molecular complexity index is 624. The van der Waals surface area contributed by atoms with Crippen LogP contribution >= 0.6 is 0 Å². The van der Waals surface area contributed by atoms with E-state index in [9.17, 15) is 10.2 Å². The van der Waals surface area contributed by atoms with Crippen LogP contribution in [0.5, 0.6) is 0 Å². The molecular formula is C27H46O2. The van der Waals surface area contributed by atoms with Gasteiger partial charge in [-0.1, -0.05) is 60.0 Å². The van der Waals surface area contributed by atoms with Crippen LogP contribution in [-0.4, -0.2) is 22.4 Å². The van der Waals surface area contributed by atoms with Gasteiger partial charge in [-0.15, -0.1) is 0 Å². The Hall–Kier alpha value is -0.340. The maximum absolute atomic E-state index is 10.7. The van der Waals surface area contributed by atoms with Crippen molar-refractivity contribution in [2.45, 2.75) is 111 Å². The van der Waals surface area contributed by atoms with Crippen molar-refractivity contribution in [3.63, 3.8) is 0 Å². The smallest absolute Gasteiger partial charge is 0.101 e. The second kappa shape index (κ2) is 7.97. The van der Waals surface area contributed by atoms with Gasteiger partial charge in [-0.2, -0.15) is 0 Å². The SMILES string of the molecule is CC(C)CCC[C@@H](C)[C@H]1CC[C@H]2[C@@H]3CC=C4[C@@H](O)C(O)CC[C@]4(C)[C@H]3CC[C@]12C. The third kappa shape index (κ3) is 3.55. The van der Waals surface area contributed by atoms with Crippen molar-refractivity contribution in [1.82, 2.24) is 0 Å². The molecule has 2 heteroatoms. The molecule has 0 aliphatic heterocycles. The summed E-state index contributed by atoms with van der Waals surface area (Å²) in [6.45, 7) is 12.3. The Morgan fingerprint density at radius 1 is 0.966 bits per heavy atom. The molecule has 9 atom stereocenters. The van der Waals surface area contributed by atoms with Gasteiger partial charge in [0.1, 0.15) is 6.10 Å². The zero-order valence-corrected chi connectivity index (χ0v) is 19.7. The molecule has 3 fully saturated rings. The standard InChI is InChI=1S/C27H46O2/c1-17(2)7-6-8-18(3)20-11-12-21-19-9-10-23-25(29)24(28)14-16-27(23,5)22(19)13-15-26(20,21)4/h10,17-22,24-25,28-29H,6-9,11-16H2,1-5H3/t18-,19+,20-,21+,22+,24?,25-,26-,27-/m1/s1. The van der Waals surface area contributed by atoms with Crippen molar-refractivity contribution in [3.8, 4) is 0 Å². The molecule has 4 aliphatic carbocycles. The number of allylic oxidation sites excluding steroid dienone is 1. The molecule has 0 amide bonds. The second-order valence-corrected chi connectivity index (χ2v) is 12.3. The minimum atomic E-state index is -0.625. The van der Waals surface area contributed by atoms with Crippen molar-refractivity contribution >= 4 is 0 Å². The Balaban J connectivity index is 1.51. The summed E-state index contributed by atoms with van der Waals surface area (Å²) >= 11 is 0. The van der Waals surface area contributed by atoms with Gasteiger partial charge in [-0.05, 0) is 96.9 Å². The van der Waals surface area contributed by atoms with E-state index in [-0.39, 0.29) is 5.41 Å². The average Bonchev–Trinajstić information content (AvgIpc) is 3.02. The molecular weight excluding hydrogens is 356 g/mol. The molecule has 3 saturated carbocycles. The maximum Gasteiger partial charge on any atom is 0.101 e. The van der Waals surface area contributed by atoms with Crippen LogP contribution in [0.2, 0.25) is 0 Å². The van der Waals surface area contributed by atoms with Crippen molar-refractivity contribution in [2.75, 3.05) is 0 Å². The molecule has 1 unspecified atom stereocenters. The van der Waals surface area contributed by atoms with Crippen LogP contribution in [0.1, 0.15) is 98.8 Å². The van der Waals surface area contributed by atoms with E-state index in [1.54, 1.807) is 0 Å². The first-order valence-corrected chi connectivity index (χ1v) is 12.7. The van der Waals surface area contributed by atoms with E-state index in [0.29, 0.717) is 11.3 Å². The van der Waals surface area contributed by atoms with E-state index in [0.717, 1.165) is 48.9 Å². The van der Waals surface area contributed by atoms with Crippen molar-refractivity contribution in [2.24, 2.45) is 46.3 Å². The lowest BCUT2D eigenvalue weighted by atomic mass is 9.46. The molecule has 2 nitrogen and oxygen atoms in total. The number of fused-ring (bicyclic) bond motifs is 5. The number of rotatable bonds is 5. The average molecular weight is 403 g/mol. The number of aliphatic hydroxyl groups excluding tert-OH is 2. The van der Waals surface area contributed by atoms with Gasteiger partial charge in [0.15, 0.2) is 0 Å². The molecule has 4 aliphatic rings. The number of hydrogen-bond acceptors (Lipinski definition) is 2. The summed E-state index contributed by atoms with van der Waals surface area (Å²) in [5, 5.41) is 20.9. The minimum absolute atomic E-state index is 0.115. The van der Waals surface area contributed by atoms with E-state index in [1.807, 2.05) is 0 Å². The van der Waals surface area contributed by atoms with E-state index < -0.39 is 12.2 Å². The fourth-order valence-electron chi connectivity index (χ4n) is 8.74. The van der Waals surface area contributed by atoms with Crippen LogP contribution in [-0.2, 0) is 0 Å². The molecule has 0 aromatic rings. The van der Waals surface area contributed by atoms with Crippen molar-refractivity contribution in [3.05, 3.63) is 11.6 Å². The third-order valence-corrected chi connectivity index (χ3v) is 10.4. The first kappa shape index (κ1) is 21.9. The molecule has 0 aromatic carbocycles. The molecule has 166 valence electrons. The van der Waals surface area contributed by atoms with Gasteiger partial charge in [0.2, 0.25) is 0 Å². The first-order valence-electron chi connectivity index (χ1n) is 12.7. The van der Waals surface area contributed by atoms with Crippen LogP contribution < -0.4 is 0 Å². The van der Waals surface area contributed by atoms with Crippen molar-refractivity contribution in [1.29, 1.82) is 0 Å². The molecule has 0 saturated heterocycles. The van der Waals surface area contributed by atoms with Crippen LogP contribution in [0.3, 0.4) is 0 Å². The molecule has 0 aromatic heterocycles. The highest BCUT2D eigenvalue weighted by Crippen LogP contribution is 2.67. The summed E-state index contributed by atoms with van der Waals surface area (Å²) in [6, 6.07) is 0. The van der Waals surface area contributed by atoms with E-state index in [4.69, 9.17) is 0 Å². The zero-order chi connectivity index (χ0) is 21.0. The summed E-state index contributed by atoms with van der Waals surface area (Å²) in [4.78, 5) is 0. The lowest BCUT2D eigenvalue weighted by Crippen LogP contribution is -2.53. The Kier molecular flexibility index (Phi) is 6.01. The molecule has 0 spiro atoms. The summed E-state index contributed by atoms with van der Waals surface area (Å²) in [5.41, 5.74) is 1.81. The fourth-order valence-corrected chi connectivity index (χ4v) is 8.74. The Morgan fingerprint density at radius 3 is 2.45 bits per heavy atom. The van der Waals surface area contributed by atoms with Gasteiger partial charge >= 0.3 is 0 Å². The lowest BCUT2D eigenvalue weighted by Gasteiger charge is -2.59. The monoisotopic (exact) mass is 402 g/mol.